The molecule has 1 fully saturated rings. The van der Waals surface area contributed by atoms with Crippen LogP contribution in [0.15, 0.2) is 21.1 Å². The molecule has 2 unspecified atom stereocenters. The predicted molar refractivity (Wildman–Crippen MR) is 88.1 cm³/mol. The van der Waals surface area contributed by atoms with Gasteiger partial charge in [-0.1, -0.05) is 26.2 Å². The summed E-state index contributed by atoms with van der Waals surface area (Å²) < 4.78 is 7.42. The summed E-state index contributed by atoms with van der Waals surface area (Å²) in [4.78, 5) is 0. The van der Waals surface area contributed by atoms with Crippen LogP contribution in [-0.4, -0.2) is 13.2 Å². The lowest BCUT2D eigenvalue weighted by Gasteiger charge is -2.30. The first kappa shape index (κ1) is 15.2. The third kappa shape index (κ3) is 3.88. The van der Waals surface area contributed by atoms with Crippen LogP contribution < -0.4 is 10.1 Å². The van der Waals surface area contributed by atoms with Crippen molar-refractivity contribution in [1.29, 1.82) is 0 Å². The van der Waals surface area contributed by atoms with Gasteiger partial charge in [-0.2, -0.15) is 0 Å². The summed E-state index contributed by atoms with van der Waals surface area (Å²) in [5.74, 6) is 1.75. The molecule has 0 amide bonds. The van der Waals surface area contributed by atoms with E-state index in [0.717, 1.165) is 26.3 Å². The van der Waals surface area contributed by atoms with E-state index in [9.17, 15) is 0 Å². The average Bonchev–Trinajstić information content (AvgIpc) is 2.42. The molecule has 0 bridgehead atoms. The topological polar surface area (TPSA) is 21.3 Å². The molecule has 0 saturated heterocycles. The summed E-state index contributed by atoms with van der Waals surface area (Å²) in [6.45, 7) is 2.30. The quantitative estimate of drug-likeness (QED) is 0.722. The Kier molecular flexibility index (Phi) is 5.58. The SMILES string of the molecule is CCC1CCCC(Nc2cc(OC)c(Br)cc2Br)C1. The van der Waals surface area contributed by atoms with Gasteiger partial charge in [0.05, 0.1) is 17.3 Å². The van der Waals surface area contributed by atoms with Crippen LogP contribution in [0.1, 0.15) is 39.0 Å². The minimum Gasteiger partial charge on any atom is -0.495 e. The maximum Gasteiger partial charge on any atom is 0.135 e. The minimum atomic E-state index is 0.584. The van der Waals surface area contributed by atoms with Crippen LogP contribution >= 0.6 is 31.9 Å². The van der Waals surface area contributed by atoms with Gasteiger partial charge in [0, 0.05) is 16.6 Å². The van der Waals surface area contributed by atoms with Gasteiger partial charge in [-0.3, -0.25) is 0 Å². The monoisotopic (exact) mass is 389 g/mol. The van der Waals surface area contributed by atoms with Crippen LogP contribution in [0.25, 0.3) is 0 Å². The first-order valence-corrected chi connectivity index (χ1v) is 8.52. The lowest BCUT2D eigenvalue weighted by atomic mass is 9.84. The molecule has 1 saturated carbocycles. The number of ether oxygens (including phenoxy) is 1. The summed E-state index contributed by atoms with van der Waals surface area (Å²) in [7, 11) is 1.70. The number of benzene rings is 1. The van der Waals surface area contributed by atoms with Crippen LogP contribution in [0.2, 0.25) is 0 Å². The first-order valence-electron chi connectivity index (χ1n) is 6.93. The number of hydrogen-bond acceptors (Lipinski definition) is 2. The number of methoxy groups -OCH3 is 1. The highest BCUT2D eigenvalue weighted by atomic mass is 79.9. The van der Waals surface area contributed by atoms with Crippen LogP contribution in [-0.2, 0) is 0 Å². The Morgan fingerprint density at radius 2 is 2.05 bits per heavy atom. The van der Waals surface area contributed by atoms with Crippen LogP contribution in [0.3, 0.4) is 0 Å². The molecule has 0 aromatic heterocycles. The van der Waals surface area contributed by atoms with Crippen molar-refractivity contribution in [2.24, 2.45) is 5.92 Å². The molecule has 2 rings (SSSR count). The fourth-order valence-corrected chi connectivity index (χ4v) is 4.08. The highest BCUT2D eigenvalue weighted by Gasteiger charge is 2.21. The van der Waals surface area contributed by atoms with E-state index in [-0.39, 0.29) is 0 Å². The molecule has 0 spiro atoms. The Bertz CT molecular complexity index is 436. The summed E-state index contributed by atoms with van der Waals surface area (Å²) >= 11 is 7.13. The summed E-state index contributed by atoms with van der Waals surface area (Å²) in [5, 5.41) is 3.67. The molecule has 1 N–H and O–H groups in total. The van der Waals surface area contributed by atoms with E-state index in [1.165, 1.54) is 32.1 Å². The second-order valence-corrected chi connectivity index (χ2v) is 6.96. The Morgan fingerprint density at radius 3 is 2.74 bits per heavy atom. The molecule has 19 heavy (non-hydrogen) atoms. The van der Waals surface area contributed by atoms with Gasteiger partial charge < -0.3 is 10.1 Å². The second kappa shape index (κ2) is 6.98. The maximum atomic E-state index is 5.36. The lowest BCUT2D eigenvalue weighted by Crippen LogP contribution is -2.27. The van der Waals surface area contributed by atoms with E-state index in [4.69, 9.17) is 4.74 Å². The number of halogens is 2. The van der Waals surface area contributed by atoms with Crippen molar-refractivity contribution in [3.63, 3.8) is 0 Å². The highest BCUT2D eigenvalue weighted by molar-refractivity contribution is 9.11. The number of hydrogen-bond donors (Lipinski definition) is 1. The Hall–Kier alpha value is -0.220. The normalized spacial score (nSPS) is 23.2. The molecule has 106 valence electrons. The third-order valence-corrected chi connectivity index (χ3v) is 5.24. The van der Waals surface area contributed by atoms with Gasteiger partial charge in [-0.25, -0.2) is 0 Å². The molecule has 0 heterocycles. The van der Waals surface area contributed by atoms with Crippen molar-refractivity contribution in [2.45, 2.75) is 45.1 Å². The minimum absolute atomic E-state index is 0.584. The van der Waals surface area contributed by atoms with E-state index in [2.05, 4.69) is 50.2 Å². The molecule has 0 aliphatic heterocycles. The van der Waals surface area contributed by atoms with Gasteiger partial charge in [0.15, 0.2) is 0 Å². The summed E-state index contributed by atoms with van der Waals surface area (Å²) in [5.41, 5.74) is 1.13. The van der Waals surface area contributed by atoms with Crippen molar-refractivity contribution in [3.05, 3.63) is 21.1 Å². The van der Waals surface area contributed by atoms with Gasteiger partial charge in [-0.05, 0) is 56.7 Å². The molecule has 0 radical (unpaired) electrons. The zero-order chi connectivity index (χ0) is 13.8. The van der Waals surface area contributed by atoms with E-state index >= 15 is 0 Å². The summed E-state index contributed by atoms with van der Waals surface area (Å²) in [6.07, 6.45) is 6.56. The first-order chi connectivity index (χ1) is 9.13. The van der Waals surface area contributed by atoms with E-state index < -0.39 is 0 Å². The highest BCUT2D eigenvalue weighted by Crippen LogP contribution is 2.36. The largest absolute Gasteiger partial charge is 0.495 e. The molecule has 1 aromatic rings. The number of anilines is 1. The van der Waals surface area contributed by atoms with Gasteiger partial charge >= 0.3 is 0 Å². The van der Waals surface area contributed by atoms with Crippen molar-refractivity contribution in [3.8, 4) is 5.75 Å². The van der Waals surface area contributed by atoms with Gasteiger partial charge in [0.1, 0.15) is 5.75 Å². The molecule has 4 heteroatoms. The number of nitrogens with one attached hydrogen (secondary N) is 1. The van der Waals surface area contributed by atoms with E-state index in [1.807, 2.05) is 6.07 Å². The molecule has 2 nitrogen and oxygen atoms in total. The fourth-order valence-electron chi connectivity index (χ4n) is 2.81. The Balaban J connectivity index is 2.10. The van der Waals surface area contributed by atoms with Gasteiger partial charge in [-0.15, -0.1) is 0 Å². The maximum absolute atomic E-state index is 5.36. The van der Waals surface area contributed by atoms with Crippen molar-refractivity contribution >= 4 is 37.5 Å². The van der Waals surface area contributed by atoms with Crippen LogP contribution in [0.4, 0.5) is 5.69 Å². The third-order valence-electron chi connectivity index (χ3n) is 3.96. The molecular formula is C15H21Br2NO. The smallest absolute Gasteiger partial charge is 0.135 e. The molecule has 1 aromatic carbocycles. The van der Waals surface area contributed by atoms with E-state index in [0.29, 0.717) is 6.04 Å². The molecular weight excluding hydrogens is 370 g/mol. The average molecular weight is 391 g/mol. The molecule has 1 aliphatic rings. The molecule has 1 aliphatic carbocycles. The van der Waals surface area contributed by atoms with Gasteiger partial charge in [0.25, 0.3) is 0 Å². The zero-order valence-corrected chi connectivity index (χ0v) is 14.7. The Labute approximate surface area is 132 Å². The zero-order valence-electron chi connectivity index (χ0n) is 11.5. The molecule has 2 atom stereocenters. The Morgan fingerprint density at radius 1 is 1.26 bits per heavy atom. The second-order valence-electron chi connectivity index (χ2n) is 5.25. The van der Waals surface area contributed by atoms with Crippen molar-refractivity contribution in [2.75, 3.05) is 12.4 Å². The lowest BCUT2D eigenvalue weighted by molar-refractivity contribution is 0.327. The van der Waals surface area contributed by atoms with Crippen molar-refractivity contribution in [1.82, 2.24) is 0 Å². The van der Waals surface area contributed by atoms with Gasteiger partial charge in [0.2, 0.25) is 0 Å². The number of rotatable bonds is 4. The van der Waals surface area contributed by atoms with Crippen LogP contribution in [0.5, 0.6) is 5.75 Å². The predicted octanol–water partition coefficient (Wildman–Crippen LogP) is 5.60. The standard InChI is InChI=1S/C15H21Br2NO/c1-3-10-5-4-6-11(7-10)18-14-9-15(19-2)13(17)8-12(14)16/h8-11,18H,3-7H2,1-2H3. The fraction of sp³-hybridized carbons (Fsp3) is 0.600. The van der Waals surface area contributed by atoms with E-state index in [1.54, 1.807) is 7.11 Å². The van der Waals surface area contributed by atoms with Crippen LogP contribution in [0, 0.1) is 5.92 Å². The summed E-state index contributed by atoms with van der Waals surface area (Å²) in [6, 6.07) is 4.69. The van der Waals surface area contributed by atoms with Crippen molar-refractivity contribution < 1.29 is 4.74 Å².